The number of aromatic nitrogens is 2. The number of carbonyl (C=O) groups excluding carboxylic acids is 1. The molecule has 0 radical (unpaired) electrons. The molecule has 0 bridgehead atoms. The largest absolute Gasteiger partial charge is 0.393 e. The first-order chi connectivity index (χ1) is 13.6. The van der Waals surface area contributed by atoms with Crippen LogP contribution >= 0.6 is 0 Å². The molecule has 1 N–H and O–H groups in total. The van der Waals surface area contributed by atoms with Gasteiger partial charge in [-0.3, -0.25) is 9.20 Å². The zero-order valence-electron chi connectivity index (χ0n) is 17.6. The summed E-state index contributed by atoms with van der Waals surface area (Å²) in [7, 11) is 0. The third-order valence-electron chi connectivity index (χ3n) is 6.32. The molecule has 2 fully saturated rings. The van der Waals surface area contributed by atoms with Crippen LogP contribution in [-0.2, 0) is 4.74 Å². The Hall–Kier alpha value is -1.99. The number of halogens is 1. The second-order valence-electron chi connectivity index (χ2n) is 9.73. The maximum absolute atomic E-state index is 14.8. The van der Waals surface area contributed by atoms with Crippen molar-refractivity contribution in [2.45, 2.75) is 71.2 Å². The first-order valence-electron chi connectivity index (χ1n) is 10.4. The van der Waals surface area contributed by atoms with E-state index in [4.69, 9.17) is 4.74 Å². The zero-order valence-corrected chi connectivity index (χ0v) is 17.6. The van der Waals surface area contributed by atoms with Crippen LogP contribution in [0.2, 0.25) is 0 Å². The summed E-state index contributed by atoms with van der Waals surface area (Å²) >= 11 is 0. The predicted octanol–water partition coefficient (Wildman–Crippen LogP) is 3.34. The van der Waals surface area contributed by atoms with Gasteiger partial charge in [-0.05, 0) is 36.8 Å². The summed E-state index contributed by atoms with van der Waals surface area (Å²) < 4.78 is 22.6. The monoisotopic (exact) mass is 403 g/mol. The van der Waals surface area contributed by atoms with Gasteiger partial charge in [-0.15, -0.1) is 0 Å². The maximum atomic E-state index is 14.8. The van der Waals surface area contributed by atoms with Crippen LogP contribution < -0.4 is 0 Å². The molecule has 4 rings (SSSR count). The molecule has 0 saturated carbocycles. The van der Waals surface area contributed by atoms with Crippen molar-refractivity contribution in [1.29, 1.82) is 0 Å². The van der Waals surface area contributed by atoms with Crippen LogP contribution in [0.25, 0.3) is 5.65 Å². The number of aliphatic hydroxyl groups excluding tert-OH is 1. The highest BCUT2D eigenvalue weighted by Crippen LogP contribution is 2.42. The number of carbonyl (C=O) groups is 1. The van der Waals surface area contributed by atoms with Crippen LogP contribution in [-0.4, -0.2) is 56.2 Å². The lowest BCUT2D eigenvalue weighted by Crippen LogP contribution is -2.55. The van der Waals surface area contributed by atoms with Gasteiger partial charge < -0.3 is 14.7 Å². The normalized spacial score (nSPS) is 25.0. The van der Waals surface area contributed by atoms with Gasteiger partial charge in [0, 0.05) is 32.1 Å². The first kappa shape index (κ1) is 20.3. The molecule has 2 aliphatic rings. The predicted molar refractivity (Wildman–Crippen MR) is 107 cm³/mol. The van der Waals surface area contributed by atoms with Gasteiger partial charge in [0.1, 0.15) is 5.65 Å². The van der Waals surface area contributed by atoms with E-state index in [9.17, 15) is 14.3 Å². The Labute approximate surface area is 170 Å². The van der Waals surface area contributed by atoms with Gasteiger partial charge in [0.25, 0.3) is 5.91 Å². The molecule has 4 heterocycles. The highest BCUT2D eigenvalue weighted by Gasteiger charge is 2.47. The number of likely N-dealkylation sites (tertiary alicyclic amines) is 1. The van der Waals surface area contributed by atoms with Gasteiger partial charge in [0.15, 0.2) is 5.69 Å². The minimum atomic E-state index is -0.619. The number of imidazole rings is 1. The molecule has 0 aromatic carbocycles. The molecule has 2 saturated heterocycles. The summed E-state index contributed by atoms with van der Waals surface area (Å²) in [6, 6.07) is 3.56. The number of piperidine rings is 1. The molecule has 7 heteroatoms. The molecule has 29 heavy (non-hydrogen) atoms. The highest BCUT2D eigenvalue weighted by atomic mass is 19.1. The van der Waals surface area contributed by atoms with Crippen molar-refractivity contribution in [3.63, 3.8) is 0 Å². The third-order valence-corrected chi connectivity index (χ3v) is 6.32. The summed E-state index contributed by atoms with van der Waals surface area (Å²) in [6.07, 6.45) is 3.72. The summed E-state index contributed by atoms with van der Waals surface area (Å²) in [4.78, 5) is 18.8. The molecular formula is C22H30FN3O3. The van der Waals surface area contributed by atoms with E-state index < -0.39 is 17.7 Å². The van der Waals surface area contributed by atoms with E-state index in [1.54, 1.807) is 17.2 Å². The Morgan fingerprint density at radius 1 is 1.31 bits per heavy atom. The number of aryl methyl sites for hydroxylation is 1. The number of aliphatic hydroxyl groups is 1. The molecule has 158 valence electrons. The number of hydrogen-bond acceptors (Lipinski definition) is 4. The Kier molecular flexibility index (Phi) is 4.94. The number of hydrogen-bond donors (Lipinski definition) is 1. The standard InChI is InChI=1S/C22H30FN3O3/c1-14-5-6-17-24-18(19(23)26(17)13-14)20(28)25-9-7-22(8-10-25)12-15(27)11-16(29-22)21(2,3)4/h5-6,13,15-16,27H,7-12H2,1-4H3/t15-,16-/m1/s1. The highest BCUT2D eigenvalue weighted by molar-refractivity contribution is 5.93. The molecule has 2 aromatic heterocycles. The van der Waals surface area contributed by atoms with Gasteiger partial charge in [0.05, 0.1) is 17.8 Å². The zero-order chi connectivity index (χ0) is 21.0. The first-order valence-corrected chi connectivity index (χ1v) is 10.4. The molecule has 2 atom stereocenters. The van der Waals surface area contributed by atoms with Crippen molar-refractivity contribution in [1.82, 2.24) is 14.3 Å². The van der Waals surface area contributed by atoms with Crippen molar-refractivity contribution in [3.8, 4) is 0 Å². The fourth-order valence-electron chi connectivity index (χ4n) is 4.54. The Balaban J connectivity index is 1.50. The quantitative estimate of drug-likeness (QED) is 0.793. The van der Waals surface area contributed by atoms with E-state index in [0.717, 1.165) is 5.56 Å². The topological polar surface area (TPSA) is 67.1 Å². The minimum Gasteiger partial charge on any atom is -0.393 e. The van der Waals surface area contributed by atoms with E-state index in [1.807, 2.05) is 13.0 Å². The average Bonchev–Trinajstić information content (AvgIpc) is 2.97. The Morgan fingerprint density at radius 3 is 2.66 bits per heavy atom. The van der Waals surface area contributed by atoms with Crippen LogP contribution in [0.1, 0.15) is 62.5 Å². The van der Waals surface area contributed by atoms with Gasteiger partial charge >= 0.3 is 0 Å². The second-order valence-corrected chi connectivity index (χ2v) is 9.73. The van der Waals surface area contributed by atoms with Crippen LogP contribution in [0.15, 0.2) is 18.3 Å². The van der Waals surface area contributed by atoms with Crippen molar-refractivity contribution in [3.05, 3.63) is 35.5 Å². The number of pyridine rings is 1. The SMILES string of the molecule is Cc1ccc2nc(C(=O)N3CCC4(CC3)C[C@H](O)C[C@H](C(C)(C)C)O4)c(F)n2c1. The molecule has 1 spiro atoms. The summed E-state index contributed by atoms with van der Waals surface area (Å²) in [5.41, 5.74) is 0.717. The average molecular weight is 403 g/mol. The molecule has 2 aromatic rings. The fraction of sp³-hybridized carbons (Fsp3) is 0.636. The number of ether oxygens (including phenoxy) is 1. The third kappa shape index (κ3) is 3.78. The van der Waals surface area contributed by atoms with Gasteiger partial charge in [-0.1, -0.05) is 26.8 Å². The Morgan fingerprint density at radius 2 is 2.00 bits per heavy atom. The van der Waals surface area contributed by atoms with Gasteiger partial charge in [-0.2, -0.15) is 4.39 Å². The lowest BCUT2D eigenvalue weighted by atomic mass is 9.76. The van der Waals surface area contributed by atoms with Crippen molar-refractivity contribution < 1.29 is 19.0 Å². The number of nitrogens with zero attached hydrogens (tertiary/aromatic N) is 3. The van der Waals surface area contributed by atoms with Crippen molar-refractivity contribution >= 4 is 11.6 Å². The number of fused-ring (bicyclic) bond motifs is 1. The van der Waals surface area contributed by atoms with Crippen molar-refractivity contribution in [2.75, 3.05) is 13.1 Å². The van der Waals surface area contributed by atoms with E-state index in [1.165, 1.54) is 4.40 Å². The lowest BCUT2D eigenvalue weighted by molar-refractivity contribution is -0.205. The fourth-order valence-corrected chi connectivity index (χ4v) is 4.54. The molecule has 0 aliphatic carbocycles. The van der Waals surface area contributed by atoms with Crippen LogP contribution in [0, 0.1) is 18.3 Å². The van der Waals surface area contributed by atoms with Gasteiger partial charge in [0.2, 0.25) is 5.95 Å². The molecule has 2 aliphatic heterocycles. The van der Waals surface area contributed by atoms with Crippen LogP contribution in [0.3, 0.4) is 0 Å². The number of rotatable bonds is 1. The van der Waals surface area contributed by atoms with Crippen LogP contribution in [0.4, 0.5) is 4.39 Å². The Bertz CT molecular complexity index is 925. The lowest BCUT2D eigenvalue weighted by Gasteiger charge is -2.50. The minimum absolute atomic E-state index is 0.0207. The molecular weight excluding hydrogens is 373 g/mol. The molecule has 6 nitrogen and oxygen atoms in total. The number of amides is 1. The van der Waals surface area contributed by atoms with E-state index in [0.29, 0.717) is 44.4 Å². The second kappa shape index (κ2) is 7.06. The van der Waals surface area contributed by atoms with Gasteiger partial charge in [-0.25, -0.2) is 4.98 Å². The molecule has 0 unspecified atom stereocenters. The summed E-state index contributed by atoms with van der Waals surface area (Å²) in [5, 5.41) is 10.4. The van der Waals surface area contributed by atoms with Crippen molar-refractivity contribution in [2.24, 2.45) is 5.41 Å². The van der Waals surface area contributed by atoms with E-state index in [-0.39, 0.29) is 23.1 Å². The summed E-state index contributed by atoms with van der Waals surface area (Å²) in [5.74, 6) is -1.01. The summed E-state index contributed by atoms with van der Waals surface area (Å²) in [6.45, 7) is 9.17. The molecule has 1 amide bonds. The van der Waals surface area contributed by atoms with Crippen LogP contribution in [0.5, 0.6) is 0 Å². The van der Waals surface area contributed by atoms with E-state index >= 15 is 0 Å². The smallest absolute Gasteiger partial charge is 0.277 e. The maximum Gasteiger partial charge on any atom is 0.277 e. The van der Waals surface area contributed by atoms with E-state index in [2.05, 4.69) is 25.8 Å².